The molecule has 1 aliphatic carbocycles. The number of esters is 1. The first kappa shape index (κ1) is 27.4. The Balaban J connectivity index is 1.56. The normalized spacial score (nSPS) is 41.5. The number of carbonyl (C=O) groups is 2. The van der Waals surface area contributed by atoms with Gasteiger partial charge < -0.3 is 49.6 Å². The standard InChI is InChI=1S/C25H30O12/c1-24(32)16(36-17(28)8-7-13-5-3-2-4-6-13)9-25(33)14(10-26)12-34-23(21(24)25)37-22-20(31)19(30)18(29)15(11-27)35-22/h2-8,10,12,15-16,18-23,27,29-33H,9,11H2,1H3/b8-7+/t15-,16+,18-,19+,20-,21-,22+,23+,24+,25+/m1/s1. The van der Waals surface area contributed by atoms with E-state index in [1.165, 1.54) is 13.0 Å². The van der Waals surface area contributed by atoms with Crippen LogP contribution in [0.1, 0.15) is 18.9 Å². The largest absolute Gasteiger partial charge is 0.471 e. The molecule has 37 heavy (non-hydrogen) atoms. The molecule has 1 saturated heterocycles. The van der Waals surface area contributed by atoms with Crippen LogP contribution in [0.2, 0.25) is 0 Å². The van der Waals surface area contributed by atoms with E-state index in [-0.39, 0.29) is 12.0 Å². The number of hydrogen-bond acceptors (Lipinski definition) is 12. The molecule has 0 aromatic heterocycles. The molecule has 1 aromatic carbocycles. The van der Waals surface area contributed by atoms with Crippen molar-refractivity contribution < 1.29 is 59.2 Å². The van der Waals surface area contributed by atoms with Gasteiger partial charge in [0.2, 0.25) is 6.29 Å². The number of carbonyl (C=O) groups excluding carboxylic acids is 2. The number of benzene rings is 1. The van der Waals surface area contributed by atoms with Gasteiger partial charge in [-0.3, -0.25) is 4.79 Å². The van der Waals surface area contributed by atoms with Crippen LogP contribution in [0.5, 0.6) is 0 Å². The summed E-state index contributed by atoms with van der Waals surface area (Å²) in [6.45, 7) is 0.570. The fourth-order valence-electron chi connectivity index (χ4n) is 5.04. The Kier molecular flexibility index (Phi) is 7.83. The molecule has 0 radical (unpaired) electrons. The van der Waals surface area contributed by atoms with Crippen LogP contribution in [0, 0.1) is 5.92 Å². The third-order valence-corrected chi connectivity index (χ3v) is 7.11. The zero-order chi connectivity index (χ0) is 27.0. The van der Waals surface area contributed by atoms with E-state index in [9.17, 15) is 40.2 Å². The van der Waals surface area contributed by atoms with Gasteiger partial charge in [0.05, 0.1) is 24.4 Å². The number of rotatable bonds is 7. The third kappa shape index (κ3) is 5.07. The lowest BCUT2D eigenvalue weighted by atomic mass is 9.78. The number of fused-ring (bicyclic) bond motifs is 1. The maximum absolute atomic E-state index is 12.5. The zero-order valence-electron chi connectivity index (χ0n) is 19.9. The first-order valence-corrected chi connectivity index (χ1v) is 11.7. The maximum atomic E-state index is 12.5. The highest BCUT2D eigenvalue weighted by Crippen LogP contribution is 2.52. The van der Waals surface area contributed by atoms with Crippen LogP contribution in [0.15, 0.2) is 48.2 Å². The van der Waals surface area contributed by atoms with Crippen molar-refractivity contribution in [2.45, 2.75) is 67.6 Å². The molecule has 2 heterocycles. The van der Waals surface area contributed by atoms with Crippen LogP contribution in [-0.2, 0) is 28.5 Å². The molecule has 2 aliphatic heterocycles. The highest BCUT2D eigenvalue weighted by atomic mass is 16.8. The van der Waals surface area contributed by atoms with Gasteiger partial charge in [0, 0.05) is 12.5 Å². The summed E-state index contributed by atoms with van der Waals surface area (Å²) in [4.78, 5) is 24.2. The molecule has 0 spiro atoms. The van der Waals surface area contributed by atoms with Crippen molar-refractivity contribution in [1.29, 1.82) is 0 Å². The lowest BCUT2D eigenvalue weighted by Crippen LogP contribution is -2.62. The summed E-state index contributed by atoms with van der Waals surface area (Å²) < 4.78 is 21.9. The molecule has 6 N–H and O–H groups in total. The summed E-state index contributed by atoms with van der Waals surface area (Å²) in [7, 11) is 0. The number of aliphatic hydroxyl groups excluding tert-OH is 4. The second kappa shape index (κ2) is 10.6. The molecule has 0 unspecified atom stereocenters. The predicted molar refractivity (Wildman–Crippen MR) is 123 cm³/mol. The van der Waals surface area contributed by atoms with E-state index < -0.39 is 72.8 Å². The summed E-state index contributed by atoms with van der Waals surface area (Å²) in [6, 6.07) is 8.93. The molecule has 4 rings (SSSR count). The van der Waals surface area contributed by atoms with Crippen molar-refractivity contribution >= 4 is 18.3 Å². The smallest absolute Gasteiger partial charge is 0.331 e. The van der Waals surface area contributed by atoms with Crippen molar-refractivity contribution in [3.05, 3.63) is 53.8 Å². The van der Waals surface area contributed by atoms with E-state index in [2.05, 4.69) is 0 Å². The van der Waals surface area contributed by atoms with Gasteiger partial charge in [-0.2, -0.15) is 0 Å². The summed E-state index contributed by atoms with van der Waals surface area (Å²) in [5, 5.41) is 62.7. The van der Waals surface area contributed by atoms with Gasteiger partial charge >= 0.3 is 5.97 Å². The summed E-state index contributed by atoms with van der Waals surface area (Å²) in [5.41, 5.74) is -3.56. The SMILES string of the molecule is C[C@]1(O)[C@@H](OC(=O)/C=C/c2ccccc2)C[C@]2(O)C(C=O)=CO[C@@H](O[C@@H]3O[C@H](CO)[C@@H](O)[C@H](O)[C@H]3O)[C@H]12. The minimum Gasteiger partial charge on any atom is -0.471 e. The first-order chi connectivity index (χ1) is 17.5. The highest BCUT2D eigenvalue weighted by molar-refractivity contribution is 5.87. The molecule has 12 heteroatoms. The van der Waals surface area contributed by atoms with Crippen molar-refractivity contribution in [2.24, 2.45) is 5.92 Å². The van der Waals surface area contributed by atoms with Crippen LogP contribution in [-0.4, -0.2) is 104 Å². The van der Waals surface area contributed by atoms with E-state index in [0.29, 0.717) is 6.29 Å². The Morgan fingerprint density at radius 2 is 1.81 bits per heavy atom. The van der Waals surface area contributed by atoms with Gasteiger partial charge in [0.15, 0.2) is 12.6 Å². The topological polar surface area (TPSA) is 192 Å². The molecular weight excluding hydrogens is 492 g/mol. The molecule has 1 saturated carbocycles. The zero-order valence-corrected chi connectivity index (χ0v) is 19.9. The van der Waals surface area contributed by atoms with Gasteiger partial charge in [-0.25, -0.2) is 4.79 Å². The maximum Gasteiger partial charge on any atom is 0.331 e. The average molecular weight is 523 g/mol. The van der Waals surface area contributed by atoms with Crippen molar-refractivity contribution in [2.75, 3.05) is 6.61 Å². The Labute approximate surface area is 212 Å². The van der Waals surface area contributed by atoms with Crippen molar-refractivity contribution in [1.82, 2.24) is 0 Å². The summed E-state index contributed by atoms with van der Waals surface area (Å²) >= 11 is 0. The lowest BCUT2D eigenvalue weighted by molar-refractivity contribution is -0.352. The fourth-order valence-corrected chi connectivity index (χ4v) is 5.04. The molecule has 3 aliphatic rings. The minimum absolute atomic E-state index is 0.232. The Morgan fingerprint density at radius 3 is 2.46 bits per heavy atom. The highest BCUT2D eigenvalue weighted by Gasteiger charge is 2.68. The fraction of sp³-hybridized carbons (Fsp3) is 0.520. The Hall–Kier alpha value is -2.68. The van der Waals surface area contributed by atoms with Crippen molar-refractivity contribution in [3.8, 4) is 0 Å². The monoisotopic (exact) mass is 522 g/mol. The molecule has 202 valence electrons. The Morgan fingerprint density at radius 1 is 1.11 bits per heavy atom. The van der Waals surface area contributed by atoms with Crippen LogP contribution in [0.4, 0.5) is 0 Å². The summed E-state index contributed by atoms with van der Waals surface area (Å²) in [6.07, 6.45) is -7.39. The molecule has 12 nitrogen and oxygen atoms in total. The molecule has 1 aromatic rings. The Bertz CT molecular complexity index is 1040. The van der Waals surface area contributed by atoms with E-state index in [1.807, 2.05) is 6.07 Å². The van der Waals surface area contributed by atoms with Crippen LogP contribution >= 0.6 is 0 Å². The van der Waals surface area contributed by atoms with Crippen LogP contribution < -0.4 is 0 Å². The van der Waals surface area contributed by atoms with E-state index in [0.717, 1.165) is 17.9 Å². The van der Waals surface area contributed by atoms with Gasteiger partial charge in [-0.1, -0.05) is 30.3 Å². The average Bonchev–Trinajstić information content (AvgIpc) is 3.08. The summed E-state index contributed by atoms with van der Waals surface area (Å²) in [5.74, 6) is -2.23. The minimum atomic E-state index is -2.06. The van der Waals surface area contributed by atoms with Gasteiger partial charge in [0.1, 0.15) is 41.7 Å². The second-order valence-corrected chi connectivity index (χ2v) is 9.53. The van der Waals surface area contributed by atoms with E-state index in [1.54, 1.807) is 24.3 Å². The van der Waals surface area contributed by atoms with Crippen LogP contribution in [0.3, 0.4) is 0 Å². The molecule has 10 atom stereocenters. The van der Waals surface area contributed by atoms with Crippen LogP contribution in [0.25, 0.3) is 6.08 Å². The van der Waals surface area contributed by atoms with Crippen molar-refractivity contribution in [3.63, 3.8) is 0 Å². The van der Waals surface area contributed by atoms with E-state index in [4.69, 9.17) is 18.9 Å². The quantitative estimate of drug-likeness (QED) is 0.136. The van der Waals surface area contributed by atoms with E-state index >= 15 is 0 Å². The molecule has 0 bridgehead atoms. The molecule has 0 amide bonds. The lowest BCUT2D eigenvalue weighted by Gasteiger charge is -2.46. The van der Waals surface area contributed by atoms with Gasteiger partial charge in [0.25, 0.3) is 0 Å². The number of ether oxygens (including phenoxy) is 4. The number of aldehydes is 1. The van der Waals surface area contributed by atoms with Gasteiger partial charge in [-0.15, -0.1) is 0 Å². The first-order valence-electron chi connectivity index (χ1n) is 11.7. The molecular formula is C25H30O12. The second-order valence-electron chi connectivity index (χ2n) is 9.53. The van der Waals surface area contributed by atoms with Gasteiger partial charge in [-0.05, 0) is 18.6 Å². The third-order valence-electron chi connectivity index (χ3n) is 7.11. The molecule has 2 fully saturated rings. The predicted octanol–water partition coefficient (Wildman–Crippen LogP) is -1.63. The number of hydrogen-bond donors (Lipinski definition) is 6. The number of aliphatic hydroxyl groups is 6.